The molecule has 2 heterocycles. The van der Waals surface area contributed by atoms with Crippen LogP contribution in [-0.4, -0.2) is 65.5 Å². The second kappa shape index (κ2) is 9.23. The molecule has 2 aliphatic heterocycles. The zero-order chi connectivity index (χ0) is 28.2. The second-order valence-corrected chi connectivity index (χ2v) is 10.9. The van der Waals surface area contributed by atoms with E-state index in [4.69, 9.17) is 14.2 Å². The Morgan fingerprint density at radius 1 is 1.03 bits per heavy atom. The van der Waals surface area contributed by atoms with Gasteiger partial charge in [0.25, 0.3) is 0 Å². The molecule has 0 radical (unpaired) electrons. The first kappa shape index (κ1) is 28.3. The Balaban J connectivity index is 2.43. The highest BCUT2D eigenvalue weighted by molar-refractivity contribution is 6.09. The molecule has 1 saturated heterocycles. The van der Waals surface area contributed by atoms with Crippen molar-refractivity contribution in [2.24, 2.45) is 5.41 Å². The van der Waals surface area contributed by atoms with E-state index < -0.39 is 87.1 Å². The Labute approximate surface area is 212 Å². The molecule has 1 aromatic carbocycles. The fraction of sp³-hybridized carbons (Fsp3) is 0.560. The lowest BCUT2D eigenvalue weighted by Crippen LogP contribution is -2.58. The van der Waals surface area contributed by atoms with E-state index in [2.05, 4.69) is 0 Å². The number of halogens is 3. The fourth-order valence-electron chi connectivity index (χ4n) is 4.45. The maximum absolute atomic E-state index is 15.2. The molecule has 0 aromatic heterocycles. The summed E-state index contributed by atoms with van der Waals surface area (Å²) in [7, 11) is 1.35. The first-order chi connectivity index (χ1) is 16.9. The number of carbonyl (C=O) groups excluding carboxylic acids is 3. The minimum absolute atomic E-state index is 0.164. The van der Waals surface area contributed by atoms with Crippen LogP contribution in [0.5, 0.6) is 0 Å². The highest BCUT2D eigenvalue weighted by Gasteiger charge is 2.68. The molecule has 37 heavy (non-hydrogen) atoms. The van der Waals surface area contributed by atoms with Gasteiger partial charge in [-0.1, -0.05) is 0 Å². The lowest BCUT2D eigenvalue weighted by molar-refractivity contribution is -0.184. The number of fused-ring (bicyclic) bond motifs is 3. The zero-order valence-electron chi connectivity index (χ0n) is 22.0. The highest BCUT2D eigenvalue weighted by atomic mass is 19.2. The number of hydrazine groups is 1. The molecule has 3 rings (SSSR count). The van der Waals surface area contributed by atoms with Crippen LogP contribution in [0.4, 0.5) is 18.9 Å². The molecule has 204 valence electrons. The van der Waals surface area contributed by atoms with E-state index in [1.54, 1.807) is 41.5 Å². The maximum atomic E-state index is 15.2. The lowest BCUT2D eigenvalue weighted by Gasteiger charge is -2.41. The molecule has 1 aromatic rings. The van der Waals surface area contributed by atoms with Crippen molar-refractivity contribution in [3.63, 3.8) is 0 Å². The van der Waals surface area contributed by atoms with Gasteiger partial charge in [0.15, 0.2) is 17.5 Å². The second-order valence-electron chi connectivity index (χ2n) is 10.9. The number of benzene rings is 1. The van der Waals surface area contributed by atoms with Gasteiger partial charge in [-0.15, -0.1) is 0 Å². The van der Waals surface area contributed by atoms with Crippen LogP contribution in [0.1, 0.15) is 54.0 Å². The Bertz CT molecular complexity index is 1160. The van der Waals surface area contributed by atoms with Crippen LogP contribution in [-0.2, 0) is 28.6 Å². The third kappa shape index (κ3) is 4.74. The summed E-state index contributed by atoms with van der Waals surface area (Å²) in [6.45, 7) is 10.1. The molecular weight excluding hydrogens is 497 g/mol. The van der Waals surface area contributed by atoms with E-state index in [0.29, 0.717) is 6.07 Å². The number of esters is 3. The van der Waals surface area contributed by atoms with E-state index in [0.717, 1.165) is 5.01 Å². The van der Waals surface area contributed by atoms with Crippen LogP contribution in [0.2, 0.25) is 0 Å². The number of rotatable bonds is 4. The molecular formula is C25H31F3N2O7. The van der Waals surface area contributed by atoms with Gasteiger partial charge in [0, 0.05) is 19.2 Å². The number of hydrogen-bond acceptors (Lipinski definition) is 9. The van der Waals surface area contributed by atoms with Crippen LogP contribution in [0, 0.1) is 22.9 Å². The van der Waals surface area contributed by atoms with Crippen molar-refractivity contribution in [3.05, 3.63) is 34.7 Å². The van der Waals surface area contributed by atoms with E-state index >= 15 is 4.39 Å². The van der Waals surface area contributed by atoms with Gasteiger partial charge >= 0.3 is 17.9 Å². The Morgan fingerprint density at radius 3 is 2.00 bits per heavy atom. The first-order valence-electron chi connectivity index (χ1n) is 11.6. The van der Waals surface area contributed by atoms with Gasteiger partial charge in [0.2, 0.25) is 5.41 Å². The molecule has 0 bridgehead atoms. The largest absolute Gasteiger partial charge is 0.507 e. The Hall–Kier alpha value is -3.28. The van der Waals surface area contributed by atoms with Crippen LogP contribution in [0.3, 0.4) is 0 Å². The summed E-state index contributed by atoms with van der Waals surface area (Å²) < 4.78 is 60.0. The average molecular weight is 529 g/mol. The van der Waals surface area contributed by atoms with Crippen LogP contribution < -0.4 is 5.01 Å². The third-order valence-electron chi connectivity index (χ3n) is 5.73. The summed E-state index contributed by atoms with van der Waals surface area (Å²) in [6.07, 6.45) is 0. The number of aliphatic hydroxyl groups is 1. The average Bonchev–Trinajstić information content (AvgIpc) is 3.04. The van der Waals surface area contributed by atoms with E-state index in [1.165, 1.54) is 19.0 Å². The van der Waals surface area contributed by atoms with Crippen molar-refractivity contribution >= 4 is 29.4 Å². The van der Waals surface area contributed by atoms with Gasteiger partial charge in [0.05, 0.1) is 6.61 Å². The Kier molecular flexibility index (Phi) is 7.06. The SMILES string of the molecule is CCOC(=O)C1=C(O)c2cc(F)c(F)c(F)c2N2C1C(C(=O)OC(C)(C)C)(C(=O)OC(C)(C)C)CN2C. The molecule has 1 atom stereocenters. The smallest absolute Gasteiger partial charge is 0.340 e. The van der Waals surface area contributed by atoms with Crippen molar-refractivity contribution in [3.8, 4) is 0 Å². The number of nitrogens with zero attached hydrogens (tertiary/aromatic N) is 2. The van der Waals surface area contributed by atoms with Gasteiger partial charge in [-0.25, -0.2) is 23.0 Å². The van der Waals surface area contributed by atoms with Crippen molar-refractivity contribution in [2.75, 3.05) is 25.2 Å². The highest BCUT2D eigenvalue weighted by Crippen LogP contribution is 2.52. The summed E-state index contributed by atoms with van der Waals surface area (Å²) in [4.78, 5) is 40.8. The summed E-state index contributed by atoms with van der Waals surface area (Å²) in [5, 5.41) is 13.3. The van der Waals surface area contributed by atoms with Crippen molar-refractivity contribution in [1.82, 2.24) is 5.01 Å². The summed E-state index contributed by atoms with van der Waals surface area (Å²) in [5.74, 6) is -9.53. The van der Waals surface area contributed by atoms with Gasteiger partial charge in [-0.05, 0) is 54.5 Å². The maximum Gasteiger partial charge on any atom is 0.340 e. The third-order valence-corrected chi connectivity index (χ3v) is 5.73. The van der Waals surface area contributed by atoms with E-state index in [9.17, 15) is 28.3 Å². The molecule has 2 aliphatic rings. The van der Waals surface area contributed by atoms with E-state index in [-0.39, 0.29) is 6.61 Å². The minimum atomic E-state index is -2.37. The van der Waals surface area contributed by atoms with E-state index in [1.807, 2.05) is 0 Å². The molecule has 1 fully saturated rings. The van der Waals surface area contributed by atoms with Gasteiger partial charge in [-0.3, -0.25) is 14.6 Å². The molecule has 1 unspecified atom stereocenters. The lowest BCUT2D eigenvalue weighted by atomic mass is 9.74. The van der Waals surface area contributed by atoms with Crippen LogP contribution in [0.15, 0.2) is 11.6 Å². The predicted molar refractivity (Wildman–Crippen MR) is 126 cm³/mol. The number of anilines is 1. The van der Waals surface area contributed by atoms with Gasteiger partial charge in [-0.2, -0.15) is 0 Å². The molecule has 0 amide bonds. The number of ether oxygens (including phenoxy) is 3. The fourth-order valence-corrected chi connectivity index (χ4v) is 4.45. The van der Waals surface area contributed by atoms with Crippen molar-refractivity contribution in [1.29, 1.82) is 0 Å². The summed E-state index contributed by atoms with van der Waals surface area (Å²) >= 11 is 0. The summed E-state index contributed by atoms with van der Waals surface area (Å²) in [5.41, 5.74) is -6.47. The number of aliphatic hydroxyl groups excluding tert-OH is 1. The van der Waals surface area contributed by atoms with Gasteiger partial charge in [0.1, 0.15) is 34.3 Å². The van der Waals surface area contributed by atoms with Crippen molar-refractivity contribution in [2.45, 2.75) is 65.7 Å². The molecule has 9 nitrogen and oxygen atoms in total. The quantitative estimate of drug-likeness (QED) is 0.271. The monoisotopic (exact) mass is 528 g/mol. The number of hydrogen-bond donors (Lipinski definition) is 1. The van der Waals surface area contributed by atoms with Crippen LogP contribution in [0.25, 0.3) is 5.76 Å². The minimum Gasteiger partial charge on any atom is -0.507 e. The molecule has 0 saturated carbocycles. The van der Waals surface area contributed by atoms with Gasteiger partial charge < -0.3 is 19.3 Å². The van der Waals surface area contributed by atoms with Crippen molar-refractivity contribution < 1.29 is 46.9 Å². The first-order valence-corrected chi connectivity index (χ1v) is 11.6. The predicted octanol–water partition coefficient (Wildman–Crippen LogP) is 3.65. The summed E-state index contributed by atoms with van der Waals surface area (Å²) in [6, 6.07) is -1.26. The molecule has 12 heteroatoms. The van der Waals surface area contributed by atoms with Crippen LogP contribution >= 0.6 is 0 Å². The topological polar surface area (TPSA) is 106 Å². The molecule has 1 N–H and O–H groups in total. The zero-order valence-corrected chi connectivity index (χ0v) is 22.0. The number of carbonyl (C=O) groups is 3. The Morgan fingerprint density at radius 2 is 1.54 bits per heavy atom. The standard InChI is InChI=1S/C25H31F3N2O7/c1-9-35-20(32)14-18(31)12-10-13(26)15(27)16(28)17(12)30-19(14)25(11-29(30)8,21(33)36-23(2,3)4)22(34)37-24(5,6)7/h10,19,31H,9,11H2,1-8H3. The normalized spacial score (nSPS) is 19.3. The molecule has 0 spiro atoms. The molecule has 0 aliphatic carbocycles.